The van der Waals surface area contributed by atoms with Gasteiger partial charge in [-0.2, -0.15) is 0 Å². The van der Waals surface area contributed by atoms with E-state index in [4.69, 9.17) is 27.9 Å². The van der Waals surface area contributed by atoms with Crippen molar-refractivity contribution in [1.29, 1.82) is 0 Å². The molecule has 0 amide bonds. The van der Waals surface area contributed by atoms with E-state index in [-0.39, 0.29) is 0 Å². The average Bonchev–Trinajstić information content (AvgIpc) is 2.30. The molecule has 2 nitrogen and oxygen atoms in total. The van der Waals surface area contributed by atoms with Gasteiger partial charge in [0.2, 0.25) is 0 Å². The highest BCUT2D eigenvalue weighted by Gasteiger charge is 2.22. The Morgan fingerprint density at radius 1 is 1.35 bits per heavy atom. The lowest BCUT2D eigenvalue weighted by Crippen LogP contribution is -2.20. The van der Waals surface area contributed by atoms with Crippen LogP contribution in [0.2, 0.25) is 10.0 Å². The van der Waals surface area contributed by atoms with Gasteiger partial charge in [-0.25, -0.2) is 0 Å². The van der Waals surface area contributed by atoms with Crippen LogP contribution in [0.25, 0.3) is 0 Å². The molecule has 0 radical (unpaired) electrons. The molecule has 1 aromatic rings. The summed E-state index contributed by atoms with van der Waals surface area (Å²) >= 11 is 11.9. The predicted molar refractivity (Wildman–Crippen MR) is 71.7 cm³/mol. The number of ether oxygens (including phenoxy) is 1. The van der Waals surface area contributed by atoms with Crippen LogP contribution in [0.5, 0.6) is 0 Å². The van der Waals surface area contributed by atoms with Crippen LogP contribution < -0.4 is 0 Å². The van der Waals surface area contributed by atoms with E-state index < -0.39 is 12.2 Å². The van der Waals surface area contributed by atoms with Gasteiger partial charge in [0.1, 0.15) is 6.10 Å². The second-order valence-corrected chi connectivity index (χ2v) is 4.88. The zero-order chi connectivity index (χ0) is 12.8. The molecule has 0 fully saturated rings. The lowest BCUT2D eigenvalue weighted by atomic mass is 10.00. The minimum absolute atomic E-state index is 0.397. The van der Waals surface area contributed by atoms with Crippen LogP contribution in [0.15, 0.2) is 18.2 Å². The highest BCUT2D eigenvalue weighted by Crippen LogP contribution is 2.31. The van der Waals surface area contributed by atoms with Gasteiger partial charge in [-0.3, -0.25) is 0 Å². The fourth-order valence-electron chi connectivity index (χ4n) is 1.79. The van der Waals surface area contributed by atoms with E-state index in [1.807, 2.05) is 0 Å². The molecule has 0 heterocycles. The van der Waals surface area contributed by atoms with Gasteiger partial charge < -0.3 is 9.84 Å². The molecule has 4 heteroatoms. The van der Waals surface area contributed by atoms with E-state index >= 15 is 0 Å². The fraction of sp³-hybridized carbons (Fsp3) is 0.538. The van der Waals surface area contributed by atoms with Crippen molar-refractivity contribution in [2.24, 2.45) is 0 Å². The highest BCUT2D eigenvalue weighted by atomic mass is 35.5. The second-order valence-electron chi connectivity index (χ2n) is 4.03. The number of hydrogen-bond donors (Lipinski definition) is 1. The normalized spacial score (nSPS) is 14.6. The molecule has 0 saturated heterocycles. The van der Waals surface area contributed by atoms with Gasteiger partial charge in [0.05, 0.1) is 6.10 Å². The van der Waals surface area contributed by atoms with E-state index in [0.29, 0.717) is 16.5 Å². The topological polar surface area (TPSA) is 29.5 Å². The number of hydrogen-bond acceptors (Lipinski definition) is 2. The molecule has 2 atom stereocenters. The number of halogens is 2. The zero-order valence-electron chi connectivity index (χ0n) is 10.1. The molecule has 17 heavy (non-hydrogen) atoms. The first-order valence-corrected chi connectivity index (χ1v) is 6.51. The third-order valence-corrected chi connectivity index (χ3v) is 3.29. The Balaban J connectivity index is 2.85. The molecule has 0 aliphatic heterocycles. The van der Waals surface area contributed by atoms with Crippen molar-refractivity contribution in [3.63, 3.8) is 0 Å². The number of aliphatic hydroxyl groups is 1. The Labute approximate surface area is 113 Å². The Kier molecular flexibility index (Phi) is 6.28. The molecule has 0 aliphatic rings. The summed E-state index contributed by atoms with van der Waals surface area (Å²) < 4.78 is 5.34. The minimum Gasteiger partial charge on any atom is -0.390 e. The molecule has 0 bridgehead atoms. The molecule has 0 aliphatic carbocycles. The molecule has 0 saturated carbocycles. The molecule has 0 unspecified atom stereocenters. The number of rotatable bonds is 6. The van der Waals surface area contributed by atoms with Crippen LogP contribution in [0, 0.1) is 0 Å². The van der Waals surface area contributed by atoms with E-state index in [9.17, 15) is 5.11 Å². The van der Waals surface area contributed by atoms with Gasteiger partial charge in [-0.05, 0) is 18.6 Å². The highest BCUT2D eigenvalue weighted by molar-refractivity contribution is 6.35. The quantitative estimate of drug-likeness (QED) is 0.843. The van der Waals surface area contributed by atoms with E-state index in [2.05, 4.69) is 6.92 Å². The van der Waals surface area contributed by atoms with Crippen molar-refractivity contribution < 1.29 is 9.84 Å². The van der Waals surface area contributed by atoms with Gasteiger partial charge in [0, 0.05) is 22.7 Å². The van der Waals surface area contributed by atoms with Crippen LogP contribution in [-0.4, -0.2) is 18.3 Å². The van der Waals surface area contributed by atoms with Crippen LogP contribution in [-0.2, 0) is 4.74 Å². The third-order valence-electron chi connectivity index (χ3n) is 2.73. The maximum Gasteiger partial charge on any atom is 0.109 e. The average molecular weight is 277 g/mol. The second kappa shape index (κ2) is 7.22. The lowest BCUT2D eigenvalue weighted by molar-refractivity contribution is -0.0180. The summed E-state index contributed by atoms with van der Waals surface area (Å²) in [6.07, 6.45) is 1.77. The molecule has 1 rings (SSSR count). The SMILES string of the molecule is CCCC[C@@H](O)[C@H](OC)c1ccc(Cl)cc1Cl. The van der Waals surface area contributed by atoms with Crippen molar-refractivity contribution in [2.45, 2.75) is 38.4 Å². The van der Waals surface area contributed by atoms with Crippen molar-refractivity contribution in [2.75, 3.05) is 7.11 Å². The van der Waals surface area contributed by atoms with Crippen molar-refractivity contribution in [3.8, 4) is 0 Å². The van der Waals surface area contributed by atoms with Crippen molar-refractivity contribution in [3.05, 3.63) is 33.8 Å². The summed E-state index contributed by atoms with van der Waals surface area (Å²) in [5.74, 6) is 0. The monoisotopic (exact) mass is 276 g/mol. The zero-order valence-corrected chi connectivity index (χ0v) is 11.6. The molecule has 0 aromatic heterocycles. The number of benzene rings is 1. The summed E-state index contributed by atoms with van der Waals surface area (Å²) in [7, 11) is 1.57. The third kappa shape index (κ3) is 4.14. The van der Waals surface area contributed by atoms with Gasteiger partial charge in [0.25, 0.3) is 0 Å². The first-order chi connectivity index (χ1) is 8.10. The molecular formula is C13H18Cl2O2. The molecule has 1 aromatic carbocycles. The van der Waals surface area contributed by atoms with Crippen molar-refractivity contribution in [1.82, 2.24) is 0 Å². The molecule has 96 valence electrons. The summed E-state index contributed by atoms with van der Waals surface area (Å²) in [4.78, 5) is 0. The summed E-state index contributed by atoms with van der Waals surface area (Å²) in [5, 5.41) is 11.2. The number of aliphatic hydroxyl groups excluding tert-OH is 1. The summed E-state index contributed by atoms with van der Waals surface area (Å²) in [5.41, 5.74) is 0.780. The Morgan fingerprint density at radius 3 is 2.59 bits per heavy atom. The molecular weight excluding hydrogens is 259 g/mol. The van der Waals surface area contributed by atoms with E-state index in [1.165, 1.54) is 0 Å². The maximum absolute atomic E-state index is 10.1. The van der Waals surface area contributed by atoms with Crippen LogP contribution >= 0.6 is 23.2 Å². The van der Waals surface area contributed by atoms with Gasteiger partial charge in [0.15, 0.2) is 0 Å². The van der Waals surface area contributed by atoms with Crippen LogP contribution in [0.4, 0.5) is 0 Å². The molecule has 1 N–H and O–H groups in total. The Hall–Kier alpha value is -0.280. The summed E-state index contributed by atoms with van der Waals surface area (Å²) in [6, 6.07) is 5.21. The smallest absolute Gasteiger partial charge is 0.109 e. The van der Waals surface area contributed by atoms with Crippen LogP contribution in [0.1, 0.15) is 37.9 Å². The largest absolute Gasteiger partial charge is 0.390 e. The van der Waals surface area contributed by atoms with Crippen molar-refractivity contribution >= 4 is 23.2 Å². The van der Waals surface area contributed by atoms with Crippen LogP contribution in [0.3, 0.4) is 0 Å². The van der Waals surface area contributed by atoms with Gasteiger partial charge >= 0.3 is 0 Å². The number of methoxy groups -OCH3 is 1. The van der Waals surface area contributed by atoms with Gasteiger partial charge in [-0.1, -0.05) is 49.0 Å². The fourth-order valence-corrected chi connectivity index (χ4v) is 2.30. The minimum atomic E-state index is -0.543. The predicted octanol–water partition coefficient (Wildman–Crippen LogP) is 4.23. The summed E-state index contributed by atoms with van der Waals surface area (Å²) in [6.45, 7) is 2.09. The van der Waals surface area contributed by atoms with Gasteiger partial charge in [-0.15, -0.1) is 0 Å². The number of unbranched alkanes of at least 4 members (excludes halogenated alkanes) is 1. The van der Waals surface area contributed by atoms with E-state index in [1.54, 1.807) is 25.3 Å². The van der Waals surface area contributed by atoms with E-state index in [0.717, 1.165) is 18.4 Å². The Morgan fingerprint density at radius 2 is 2.06 bits per heavy atom. The Bertz CT molecular complexity index is 355. The lowest BCUT2D eigenvalue weighted by Gasteiger charge is -2.23. The maximum atomic E-state index is 10.1. The standard InChI is InChI=1S/C13H18Cl2O2/c1-3-4-5-12(16)13(17-2)10-7-6-9(14)8-11(10)15/h6-8,12-13,16H,3-5H2,1-2H3/t12-,13-/m1/s1. The first kappa shape index (κ1) is 14.8. The molecule has 0 spiro atoms. The first-order valence-electron chi connectivity index (χ1n) is 5.76.